The molecule has 1 aliphatic rings. The number of hydrogen-bond donors (Lipinski definition) is 2. The van der Waals surface area contributed by atoms with Crippen molar-refractivity contribution in [3.63, 3.8) is 0 Å². The number of rotatable bonds is 9. The van der Waals surface area contributed by atoms with E-state index in [1.807, 2.05) is 19.9 Å². The van der Waals surface area contributed by atoms with Crippen LogP contribution in [0.4, 0.5) is 10.5 Å². The standard InChI is InChI=1S/C26H29ClN2O6/c1-5-28-26(32)29-23-17(24(33-4)16(3)18-14-34-25(31)22(18)23)12-10-15(2)11-13-21(30)35-20-9-7-6-8-19(20)27/h6-10H,5,11-14H2,1-4H3,(H2,28,29,32)/b15-10+. The summed E-state index contributed by atoms with van der Waals surface area (Å²) >= 11 is 6.04. The van der Waals surface area contributed by atoms with Crippen LogP contribution >= 0.6 is 11.6 Å². The number of carbonyl (C=O) groups is 3. The maximum Gasteiger partial charge on any atom is 0.341 e. The van der Waals surface area contributed by atoms with Crippen molar-refractivity contribution in [3.8, 4) is 11.5 Å². The van der Waals surface area contributed by atoms with Crippen LogP contribution in [0.1, 0.15) is 53.7 Å². The molecule has 0 radical (unpaired) electrons. The molecule has 0 spiro atoms. The number of ether oxygens (including phenoxy) is 3. The van der Waals surface area contributed by atoms with E-state index in [4.69, 9.17) is 25.8 Å². The summed E-state index contributed by atoms with van der Waals surface area (Å²) in [6.07, 6.45) is 2.95. The maximum atomic E-state index is 12.5. The zero-order chi connectivity index (χ0) is 25.5. The summed E-state index contributed by atoms with van der Waals surface area (Å²) < 4.78 is 16.3. The van der Waals surface area contributed by atoms with Gasteiger partial charge in [0.25, 0.3) is 0 Å². The monoisotopic (exact) mass is 500 g/mol. The molecule has 2 amide bonds. The van der Waals surface area contributed by atoms with E-state index >= 15 is 0 Å². The molecule has 8 nitrogen and oxygen atoms in total. The fraction of sp³-hybridized carbons (Fsp3) is 0.346. The number of hydrogen-bond acceptors (Lipinski definition) is 6. The topological polar surface area (TPSA) is 103 Å². The van der Waals surface area contributed by atoms with Gasteiger partial charge in [0.05, 0.1) is 23.4 Å². The predicted octanol–water partition coefficient (Wildman–Crippen LogP) is 5.34. The second-order valence-electron chi connectivity index (χ2n) is 8.09. The summed E-state index contributed by atoms with van der Waals surface area (Å²) in [6.45, 7) is 6.13. The summed E-state index contributed by atoms with van der Waals surface area (Å²) in [5.74, 6) is 0.0307. The highest BCUT2D eigenvalue weighted by Gasteiger charge is 2.32. The van der Waals surface area contributed by atoms with E-state index in [1.54, 1.807) is 38.3 Å². The van der Waals surface area contributed by atoms with E-state index in [1.165, 1.54) is 0 Å². The average molecular weight is 501 g/mol. The number of esters is 2. The molecule has 0 atom stereocenters. The Hall–Kier alpha value is -3.52. The van der Waals surface area contributed by atoms with E-state index in [0.717, 1.165) is 11.1 Å². The number of carbonyl (C=O) groups excluding carboxylic acids is 3. The van der Waals surface area contributed by atoms with Crippen LogP contribution in [-0.4, -0.2) is 31.6 Å². The zero-order valence-electron chi connectivity index (χ0n) is 20.2. The van der Waals surface area contributed by atoms with Crippen LogP contribution in [0.5, 0.6) is 11.5 Å². The van der Waals surface area contributed by atoms with Gasteiger partial charge in [-0.3, -0.25) is 4.79 Å². The first-order valence-electron chi connectivity index (χ1n) is 11.3. The number of nitrogens with one attached hydrogen (secondary N) is 2. The van der Waals surface area contributed by atoms with E-state index in [-0.39, 0.29) is 13.0 Å². The molecule has 0 bridgehead atoms. The molecule has 2 aromatic rings. The zero-order valence-corrected chi connectivity index (χ0v) is 21.0. The highest BCUT2D eigenvalue weighted by molar-refractivity contribution is 6.32. The molecule has 0 fully saturated rings. The molecule has 0 aliphatic carbocycles. The number of methoxy groups -OCH3 is 1. The van der Waals surface area contributed by atoms with Crippen molar-refractivity contribution in [2.75, 3.05) is 19.0 Å². The van der Waals surface area contributed by atoms with Crippen molar-refractivity contribution in [2.45, 2.75) is 46.6 Å². The third kappa shape index (κ3) is 6.14. The maximum absolute atomic E-state index is 12.5. The second-order valence-corrected chi connectivity index (χ2v) is 8.49. The first-order chi connectivity index (χ1) is 16.8. The number of amides is 2. The van der Waals surface area contributed by atoms with Crippen molar-refractivity contribution in [3.05, 3.63) is 63.2 Å². The van der Waals surface area contributed by atoms with Crippen LogP contribution < -0.4 is 20.1 Å². The molecule has 186 valence electrons. The van der Waals surface area contributed by atoms with Gasteiger partial charge in [-0.25, -0.2) is 9.59 Å². The summed E-state index contributed by atoms with van der Waals surface area (Å²) in [5.41, 5.74) is 3.81. The van der Waals surface area contributed by atoms with Crippen molar-refractivity contribution in [1.29, 1.82) is 0 Å². The smallest absolute Gasteiger partial charge is 0.341 e. The number of urea groups is 1. The van der Waals surface area contributed by atoms with Gasteiger partial charge in [-0.15, -0.1) is 0 Å². The SMILES string of the molecule is CCNC(=O)Nc1c(C/C=C(\C)CCC(=O)Oc2ccccc2Cl)c(OC)c(C)c2c1C(=O)OC2. The molecule has 2 N–H and O–H groups in total. The van der Waals surface area contributed by atoms with Gasteiger partial charge in [-0.2, -0.15) is 0 Å². The Morgan fingerprint density at radius 3 is 2.66 bits per heavy atom. The van der Waals surface area contributed by atoms with Crippen LogP contribution in [0.25, 0.3) is 0 Å². The number of cyclic esters (lactones) is 1. The normalized spacial score (nSPS) is 12.6. The lowest BCUT2D eigenvalue weighted by atomic mass is 9.93. The first-order valence-corrected chi connectivity index (χ1v) is 11.7. The molecular formula is C26H29ClN2O6. The molecule has 2 aromatic carbocycles. The number of fused-ring (bicyclic) bond motifs is 1. The Morgan fingerprint density at radius 1 is 1.23 bits per heavy atom. The second kappa shape index (κ2) is 11.8. The first kappa shape index (κ1) is 26.1. The molecule has 0 unspecified atom stereocenters. The summed E-state index contributed by atoms with van der Waals surface area (Å²) in [4.78, 5) is 37.1. The lowest BCUT2D eigenvalue weighted by Gasteiger charge is -2.20. The van der Waals surface area contributed by atoms with Gasteiger partial charge in [0.2, 0.25) is 0 Å². The van der Waals surface area contributed by atoms with Gasteiger partial charge in [-0.05, 0) is 51.3 Å². The average Bonchev–Trinajstić information content (AvgIpc) is 3.21. The molecule has 35 heavy (non-hydrogen) atoms. The highest BCUT2D eigenvalue weighted by atomic mass is 35.5. The number of halogens is 1. The molecule has 0 saturated heterocycles. The molecule has 1 heterocycles. The number of anilines is 1. The van der Waals surface area contributed by atoms with Crippen LogP contribution in [0.15, 0.2) is 35.9 Å². The minimum Gasteiger partial charge on any atom is -0.496 e. The minimum absolute atomic E-state index is 0.128. The molecule has 1 aliphatic heterocycles. The third-order valence-corrected chi connectivity index (χ3v) is 6.00. The summed E-state index contributed by atoms with van der Waals surface area (Å²) in [6, 6.07) is 6.37. The Kier molecular flexibility index (Phi) is 8.76. The quantitative estimate of drug-likeness (QED) is 0.273. The van der Waals surface area contributed by atoms with Gasteiger partial charge in [0.15, 0.2) is 0 Å². The third-order valence-electron chi connectivity index (χ3n) is 5.69. The fourth-order valence-electron chi connectivity index (χ4n) is 3.89. The Labute approximate surface area is 209 Å². The van der Waals surface area contributed by atoms with Crippen LogP contribution in [-0.2, 0) is 22.6 Å². The molecule has 9 heteroatoms. The van der Waals surface area contributed by atoms with Crippen LogP contribution in [0.3, 0.4) is 0 Å². The number of allylic oxidation sites excluding steroid dienone is 2. The predicted molar refractivity (Wildman–Crippen MR) is 133 cm³/mol. The van der Waals surface area contributed by atoms with Crippen molar-refractivity contribution >= 4 is 35.3 Å². The lowest BCUT2D eigenvalue weighted by Crippen LogP contribution is -2.29. The van der Waals surface area contributed by atoms with Gasteiger partial charge >= 0.3 is 18.0 Å². The Bertz CT molecular complexity index is 1170. The van der Waals surface area contributed by atoms with Gasteiger partial charge in [-0.1, -0.05) is 35.4 Å². The Balaban J connectivity index is 1.81. The summed E-state index contributed by atoms with van der Waals surface area (Å²) in [7, 11) is 1.55. The van der Waals surface area contributed by atoms with Gasteiger partial charge in [0.1, 0.15) is 18.1 Å². The minimum atomic E-state index is -0.484. The van der Waals surface area contributed by atoms with Crippen molar-refractivity contribution in [1.82, 2.24) is 5.32 Å². The number of benzene rings is 2. The van der Waals surface area contributed by atoms with E-state index in [0.29, 0.717) is 58.3 Å². The van der Waals surface area contributed by atoms with Crippen molar-refractivity contribution in [2.24, 2.45) is 0 Å². The lowest BCUT2D eigenvalue weighted by molar-refractivity contribution is -0.134. The number of para-hydroxylation sites is 1. The van der Waals surface area contributed by atoms with Gasteiger partial charge in [0, 0.05) is 24.1 Å². The van der Waals surface area contributed by atoms with E-state index in [9.17, 15) is 14.4 Å². The van der Waals surface area contributed by atoms with Gasteiger partial charge < -0.3 is 24.8 Å². The summed E-state index contributed by atoms with van der Waals surface area (Å²) in [5, 5.41) is 5.86. The molecule has 0 saturated carbocycles. The highest BCUT2D eigenvalue weighted by Crippen LogP contribution is 2.41. The fourth-order valence-corrected chi connectivity index (χ4v) is 4.06. The van der Waals surface area contributed by atoms with Crippen LogP contribution in [0, 0.1) is 6.92 Å². The molecular weight excluding hydrogens is 472 g/mol. The largest absolute Gasteiger partial charge is 0.496 e. The molecule has 3 rings (SSSR count). The van der Waals surface area contributed by atoms with Crippen molar-refractivity contribution < 1.29 is 28.6 Å². The Morgan fingerprint density at radius 2 is 1.97 bits per heavy atom. The van der Waals surface area contributed by atoms with E-state index in [2.05, 4.69) is 10.6 Å². The van der Waals surface area contributed by atoms with Crippen LogP contribution in [0.2, 0.25) is 5.02 Å². The van der Waals surface area contributed by atoms with E-state index < -0.39 is 18.0 Å². The molecule has 0 aromatic heterocycles.